The first-order valence-electron chi connectivity index (χ1n) is 18.2. The largest absolute Gasteiger partial charge is 0.381 e. The van der Waals surface area contributed by atoms with E-state index in [0.29, 0.717) is 0 Å². The van der Waals surface area contributed by atoms with E-state index in [9.17, 15) is 5.11 Å². The van der Waals surface area contributed by atoms with Gasteiger partial charge in [-0.3, -0.25) is 9.89 Å². The Morgan fingerprint density at radius 3 is 2.31 bits per heavy atom. The number of likely N-dealkylation sites (tertiary alicyclic amines) is 1. The van der Waals surface area contributed by atoms with E-state index in [1.54, 1.807) is 0 Å². The third-order valence-electron chi connectivity index (χ3n) is 11.0. The molecule has 3 heterocycles. The van der Waals surface area contributed by atoms with E-state index in [1.165, 1.54) is 50.2 Å². The monoisotopic (exact) mass is 644 g/mol. The molecule has 48 heavy (non-hydrogen) atoms. The van der Waals surface area contributed by atoms with Gasteiger partial charge in [0.2, 0.25) is 0 Å². The average Bonchev–Trinajstić information content (AvgIpc) is 3.16. The zero-order chi connectivity index (χ0) is 34.1. The van der Waals surface area contributed by atoms with Crippen LogP contribution in [0.3, 0.4) is 0 Å². The molecule has 0 saturated carbocycles. The quantitative estimate of drug-likeness (QED) is 0.278. The van der Waals surface area contributed by atoms with Crippen LogP contribution in [-0.4, -0.2) is 57.7 Å². The van der Waals surface area contributed by atoms with E-state index in [1.807, 2.05) is 32.2 Å². The van der Waals surface area contributed by atoms with E-state index in [4.69, 9.17) is 6.58 Å². The van der Waals surface area contributed by atoms with Crippen LogP contribution in [0.25, 0.3) is 0 Å². The molecule has 3 aliphatic heterocycles. The molecule has 0 bridgehead atoms. The molecule has 2 saturated heterocycles. The lowest BCUT2D eigenvalue weighted by atomic mass is 9.79. The minimum Gasteiger partial charge on any atom is -0.381 e. The number of fused-ring (bicyclic) bond motifs is 3. The van der Waals surface area contributed by atoms with Crippen LogP contribution in [-0.2, 0) is 31.5 Å². The van der Waals surface area contributed by atoms with Gasteiger partial charge in [0.25, 0.3) is 0 Å². The lowest BCUT2D eigenvalue weighted by Crippen LogP contribution is -2.53. The molecule has 0 amide bonds. The standard InChI is InChI=1S/C43H56N4O/c1-8-11-18-44-27-35-12-14-36(15-13-35)29-47-33(6)46-30-39-24-32(5)23-38(10-3)41(39)42(7,48)26-40(46)43(47)16-19-45(20-17-43)28-37-22-31(4)21-34(9-2)25-37/h8,11-12,14,18,21-26,48H,6,9-10,13,15-17,19-20,27-30H2,1-5,7H3/b11-8-,44-18?. The number of hydrogen-bond donors (Lipinski definition) is 1. The van der Waals surface area contributed by atoms with Crippen LogP contribution in [0.4, 0.5) is 0 Å². The number of rotatable bonds is 9. The second kappa shape index (κ2) is 14.1. The van der Waals surface area contributed by atoms with Crippen LogP contribution in [0.5, 0.6) is 0 Å². The predicted molar refractivity (Wildman–Crippen MR) is 201 cm³/mol. The van der Waals surface area contributed by atoms with Crippen molar-refractivity contribution in [1.82, 2.24) is 14.7 Å². The summed E-state index contributed by atoms with van der Waals surface area (Å²) in [6.07, 6.45) is 18.8. The summed E-state index contributed by atoms with van der Waals surface area (Å²) < 4.78 is 0. The van der Waals surface area contributed by atoms with Crippen molar-refractivity contribution >= 4 is 6.21 Å². The Balaban J connectivity index is 1.33. The average molecular weight is 645 g/mol. The van der Waals surface area contributed by atoms with Gasteiger partial charge >= 0.3 is 0 Å². The molecule has 1 N–H and O–H groups in total. The molecule has 2 aromatic rings. The van der Waals surface area contributed by atoms with Gasteiger partial charge in [0.05, 0.1) is 12.1 Å². The Labute approximate surface area is 289 Å². The molecule has 2 aromatic carbocycles. The molecule has 0 aromatic heterocycles. The van der Waals surface area contributed by atoms with Crippen LogP contribution < -0.4 is 0 Å². The summed E-state index contributed by atoms with van der Waals surface area (Å²) in [4.78, 5) is 12.3. The molecule has 1 aliphatic carbocycles. The van der Waals surface area contributed by atoms with E-state index < -0.39 is 5.60 Å². The Kier molecular flexibility index (Phi) is 10.0. The zero-order valence-corrected chi connectivity index (χ0v) is 30.3. The van der Waals surface area contributed by atoms with Crippen LogP contribution in [0.15, 0.2) is 94.9 Å². The fourth-order valence-corrected chi connectivity index (χ4v) is 8.67. The van der Waals surface area contributed by atoms with Gasteiger partial charge in [-0.15, -0.1) is 0 Å². The van der Waals surface area contributed by atoms with Crippen molar-refractivity contribution in [2.75, 3.05) is 26.2 Å². The fourth-order valence-electron chi connectivity index (χ4n) is 8.67. The molecule has 5 heteroatoms. The topological polar surface area (TPSA) is 42.3 Å². The Bertz CT molecular complexity index is 1700. The second-order valence-corrected chi connectivity index (χ2v) is 14.7. The van der Waals surface area contributed by atoms with Crippen LogP contribution >= 0.6 is 0 Å². The molecule has 1 atom stereocenters. The van der Waals surface area contributed by atoms with Crippen LogP contribution in [0.1, 0.15) is 92.3 Å². The first kappa shape index (κ1) is 34.2. The first-order chi connectivity index (χ1) is 23.1. The van der Waals surface area contributed by atoms with Crippen LogP contribution in [0.2, 0.25) is 0 Å². The summed E-state index contributed by atoms with van der Waals surface area (Å²) in [6, 6.07) is 11.6. The minimum atomic E-state index is -1.06. The second-order valence-electron chi connectivity index (χ2n) is 14.7. The van der Waals surface area contributed by atoms with Crippen molar-refractivity contribution in [1.29, 1.82) is 0 Å². The molecule has 2 fully saturated rings. The van der Waals surface area contributed by atoms with E-state index in [-0.39, 0.29) is 5.54 Å². The lowest BCUT2D eigenvalue weighted by molar-refractivity contribution is 0.0826. The number of allylic oxidation sites excluding steroid dienone is 4. The molecule has 254 valence electrons. The van der Waals surface area contributed by atoms with Gasteiger partial charge in [-0.1, -0.05) is 85.7 Å². The smallest absolute Gasteiger partial charge is 0.108 e. The summed E-state index contributed by atoms with van der Waals surface area (Å²) in [6.45, 7) is 23.0. The maximum atomic E-state index is 12.3. The van der Waals surface area contributed by atoms with Crippen molar-refractivity contribution in [3.8, 4) is 0 Å². The van der Waals surface area contributed by atoms with Gasteiger partial charge in [-0.05, 0) is 112 Å². The van der Waals surface area contributed by atoms with E-state index in [0.717, 1.165) is 89.2 Å². The predicted octanol–water partition coefficient (Wildman–Crippen LogP) is 8.45. The Hall–Kier alpha value is -3.67. The van der Waals surface area contributed by atoms with Crippen molar-refractivity contribution in [2.24, 2.45) is 4.99 Å². The molecule has 6 rings (SSSR count). The highest BCUT2D eigenvalue weighted by Gasteiger charge is 2.54. The summed E-state index contributed by atoms with van der Waals surface area (Å²) in [7, 11) is 0. The van der Waals surface area contributed by atoms with Gasteiger partial charge in [0.15, 0.2) is 0 Å². The Morgan fingerprint density at radius 2 is 1.62 bits per heavy atom. The Morgan fingerprint density at radius 1 is 0.917 bits per heavy atom. The van der Waals surface area contributed by atoms with Gasteiger partial charge in [-0.25, -0.2) is 0 Å². The fraction of sp³-hybridized carbons (Fsp3) is 0.465. The third-order valence-corrected chi connectivity index (χ3v) is 11.0. The zero-order valence-electron chi connectivity index (χ0n) is 30.3. The van der Waals surface area contributed by atoms with Crippen molar-refractivity contribution in [2.45, 2.75) is 104 Å². The van der Waals surface area contributed by atoms with Gasteiger partial charge in [-0.2, -0.15) is 0 Å². The molecular weight excluding hydrogens is 589 g/mol. The van der Waals surface area contributed by atoms with E-state index in [2.05, 4.69) is 95.9 Å². The number of aryl methyl sites for hydroxylation is 4. The van der Waals surface area contributed by atoms with Crippen molar-refractivity contribution in [3.63, 3.8) is 0 Å². The summed E-state index contributed by atoms with van der Waals surface area (Å²) in [5.74, 6) is 1.07. The van der Waals surface area contributed by atoms with Gasteiger partial charge in [0.1, 0.15) is 11.4 Å². The number of benzene rings is 2. The molecule has 4 aliphatic rings. The van der Waals surface area contributed by atoms with Crippen molar-refractivity contribution in [3.05, 3.63) is 129 Å². The maximum Gasteiger partial charge on any atom is 0.108 e. The number of aliphatic imine (C=N–C) groups is 1. The van der Waals surface area contributed by atoms with Gasteiger partial charge < -0.3 is 14.9 Å². The summed E-state index contributed by atoms with van der Waals surface area (Å²) >= 11 is 0. The highest BCUT2D eigenvalue weighted by molar-refractivity contribution is 5.71. The molecule has 1 unspecified atom stereocenters. The number of nitrogens with zero attached hydrogens (tertiary/aromatic N) is 4. The maximum absolute atomic E-state index is 12.3. The first-order valence-corrected chi connectivity index (χ1v) is 18.2. The normalized spacial score (nSPS) is 22.6. The molecular formula is C43H56N4O. The number of piperidine rings is 1. The van der Waals surface area contributed by atoms with Crippen molar-refractivity contribution < 1.29 is 5.11 Å². The molecule has 0 radical (unpaired) electrons. The van der Waals surface area contributed by atoms with E-state index >= 15 is 0 Å². The van der Waals surface area contributed by atoms with Gasteiger partial charge in [0, 0.05) is 44.6 Å². The lowest BCUT2D eigenvalue weighted by Gasteiger charge is -2.46. The molecule has 1 spiro atoms. The number of aliphatic hydroxyl groups is 1. The minimum absolute atomic E-state index is 0.218. The third kappa shape index (κ3) is 6.77. The highest BCUT2D eigenvalue weighted by Crippen LogP contribution is 2.52. The highest BCUT2D eigenvalue weighted by atomic mass is 16.3. The number of hydrogen-bond acceptors (Lipinski definition) is 5. The summed E-state index contributed by atoms with van der Waals surface area (Å²) in [5.41, 5.74) is 11.8. The SMILES string of the molecule is C=C1N2Cc3cc(C)cc(CC)c3C(C)(O)C=C2C2(CCN(Cc3cc(C)cc(CC)c3)CC2)N1CC1=CC=C(CN=C/C=C\C)CC1. The van der Waals surface area contributed by atoms with Crippen LogP contribution in [0, 0.1) is 13.8 Å². The molecule has 5 nitrogen and oxygen atoms in total. The summed E-state index contributed by atoms with van der Waals surface area (Å²) in [5, 5.41) is 12.3.